The summed E-state index contributed by atoms with van der Waals surface area (Å²) in [7, 11) is 0. The maximum Gasteiger partial charge on any atom is 0.234 e. The van der Waals surface area contributed by atoms with E-state index < -0.39 is 0 Å². The van der Waals surface area contributed by atoms with Crippen LogP contribution >= 0.6 is 11.3 Å². The smallest absolute Gasteiger partial charge is 0.234 e. The van der Waals surface area contributed by atoms with Gasteiger partial charge < -0.3 is 10.2 Å². The van der Waals surface area contributed by atoms with Gasteiger partial charge in [-0.15, -0.1) is 11.3 Å². The molecule has 2 aromatic heterocycles. The maximum atomic E-state index is 13.0. The average molecular weight is 571 g/mol. The van der Waals surface area contributed by atoms with Crippen molar-refractivity contribution < 1.29 is 9.59 Å². The predicted molar refractivity (Wildman–Crippen MR) is 163 cm³/mol. The summed E-state index contributed by atoms with van der Waals surface area (Å²) in [5.41, 5.74) is 4.94. The van der Waals surface area contributed by atoms with Crippen molar-refractivity contribution in [2.45, 2.75) is 40.2 Å². The molecule has 9 heteroatoms. The number of nitrogens with zero attached hydrogens (tertiary/aromatic N) is 5. The van der Waals surface area contributed by atoms with E-state index in [9.17, 15) is 9.59 Å². The van der Waals surface area contributed by atoms with Gasteiger partial charge >= 0.3 is 0 Å². The molecule has 1 aliphatic rings. The van der Waals surface area contributed by atoms with Crippen LogP contribution < -0.4 is 5.32 Å². The highest BCUT2D eigenvalue weighted by molar-refractivity contribution is 7.15. The van der Waals surface area contributed by atoms with Gasteiger partial charge in [-0.3, -0.25) is 14.5 Å². The molecule has 0 aliphatic carbocycles. The van der Waals surface area contributed by atoms with Gasteiger partial charge in [-0.05, 0) is 37.5 Å². The van der Waals surface area contributed by atoms with Gasteiger partial charge in [0.2, 0.25) is 11.8 Å². The molecule has 1 fully saturated rings. The van der Waals surface area contributed by atoms with Gasteiger partial charge in [0, 0.05) is 42.3 Å². The number of carbonyl (C=O) groups excluding carboxylic acids is 2. The molecule has 41 heavy (non-hydrogen) atoms. The highest BCUT2D eigenvalue weighted by atomic mass is 32.1. The zero-order valence-electron chi connectivity index (χ0n) is 24.0. The molecule has 1 N–H and O–H groups in total. The van der Waals surface area contributed by atoms with Gasteiger partial charge in [0.1, 0.15) is 5.01 Å². The molecular weight excluding hydrogens is 532 g/mol. The molecule has 0 bridgehead atoms. The highest BCUT2D eigenvalue weighted by Crippen LogP contribution is 2.28. The van der Waals surface area contributed by atoms with Crippen LogP contribution in [0.5, 0.6) is 0 Å². The third-order valence-electron chi connectivity index (χ3n) is 7.24. The fourth-order valence-corrected chi connectivity index (χ4v) is 6.01. The number of hydrogen-bond acceptors (Lipinski definition) is 6. The fourth-order valence-electron chi connectivity index (χ4n) is 5.07. The molecule has 2 amide bonds. The van der Waals surface area contributed by atoms with Crippen molar-refractivity contribution in [1.82, 2.24) is 29.9 Å². The molecule has 5 rings (SSSR count). The van der Waals surface area contributed by atoms with Gasteiger partial charge in [0.15, 0.2) is 0 Å². The van der Waals surface area contributed by atoms with Crippen molar-refractivity contribution in [1.29, 1.82) is 0 Å². The number of thiazole rings is 1. The van der Waals surface area contributed by atoms with Crippen molar-refractivity contribution >= 4 is 23.2 Å². The van der Waals surface area contributed by atoms with E-state index in [-0.39, 0.29) is 11.8 Å². The molecule has 0 unspecified atom stereocenters. The van der Waals surface area contributed by atoms with Crippen LogP contribution in [0, 0.1) is 12.8 Å². The Kier molecular flexibility index (Phi) is 9.26. The number of benzene rings is 2. The SMILES string of the molecule is Cc1sc(-c2ccccc2)nc1CC(=O)N1CCN(CC(=O)NCc2cc(CC(C)C)n(-c3ccccc3)n2)CC1. The molecule has 1 saturated heterocycles. The Morgan fingerprint density at radius 3 is 2.34 bits per heavy atom. The zero-order valence-corrected chi connectivity index (χ0v) is 24.9. The van der Waals surface area contributed by atoms with Crippen molar-refractivity contribution in [3.63, 3.8) is 0 Å². The summed E-state index contributed by atoms with van der Waals surface area (Å²) in [5.74, 6) is 0.559. The highest BCUT2D eigenvalue weighted by Gasteiger charge is 2.24. The number of nitrogens with one attached hydrogen (secondary N) is 1. The van der Waals surface area contributed by atoms with Crippen molar-refractivity contribution in [2.24, 2.45) is 5.92 Å². The minimum Gasteiger partial charge on any atom is -0.349 e. The van der Waals surface area contributed by atoms with Crippen molar-refractivity contribution in [3.05, 3.63) is 88.7 Å². The quantitative estimate of drug-likeness (QED) is 0.304. The van der Waals surface area contributed by atoms with Crippen LogP contribution in [0.1, 0.15) is 35.8 Å². The van der Waals surface area contributed by atoms with Crippen LogP contribution in [0.2, 0.25) is 0 Å². The number of aromatic nitrogens is 3. The van der Waals surface area contributed by atoms with Crippen LogP contribution in [0.4, 0.5) is 0 Å². The molecule has 3 heterocycles. The Morgan fingerprint density at radius 2 is 1.66 bits per heavy atom. The predicted octanol–water partition coefficient (Wildman–Crippen LogP) is 4.51. The lowest BCUT2D eigenvalue weighted by atomic mass is 10.1. The summed E-state index contributed by atoms with van der Waals surface area (Å²) in [4.78, 5) is 35.6. The summed E-state index contributed by atoms with van der Waals surface area (Å²) < 4.78 is 1.98. The number of para-hydroxylation sites is 1. The fraction of sp³-hybridized carbons (Fsp3) is 0.375. The van der Waals surface area contributed by atoms with Crippen LogP contribution in [-0.2, 0) is 29.0 Å². The van der Waals surface area contributed by atoms with Crippen LogP contribution in [0.15, 0.2) is 66.7 Å². The number of hydrogen-bond donors (Lipinski definition) is 1. The Hall–Kier alpha value is -3.82. The molecule has 4 aromatic rings. The van der Waals surface area contributed by atoms with Gasteiger partial charge in [0.25, 0.3) is 0 Å². The van der Waals surface area contributed by atoms with Gasteiger partial charge in [-0.25, -0.2) is 9.67 Å². The summed E-state index contributed by atoms with van der Waals surface area (Å²) in [5, 5.41) is 8.77. The van der Waals surface area contributed by atoms with Crippen LogP contribution in [-0.4, -0.2) is 69.1 Å². The van der Waals surface area contributed by atoms with E-state index in [1.165, 1.54) is 0 Å². The molecule has 8 nitrogen and oxygen atoms in total. The molecule has 214 valence electrons. The minimum atomic E-state index is -0.0315. The zero-order chi connectivity index (χ0) is 28.8. The third kappa shape index (κ3) is 7.48. The Bertz CT molecular complexity index is 1460. The number of carbonyl (C=O) groups is 2. The second-order valence-electron chi connectivity index (χ2n) is 11.0. The summed E-state index contributed by atoms with van der Waals surface area (Å²) in [6.45, 7) is 9.68. The molecule has 0 radical (unpaired) electrons. The number of aryl methyl sites for hydroxylation is 1. The number of amides is 2. The van der Waals surface area contributed by atoms with E-state index in [1.54, 1.807) is 11.3 Å². The van der Waals surface area contributed by atoms with E-state index in [1.807, 2.05) is 77.2 Å². The summed E-state index contributed by atoms with van der Waals surface area (Å²) in [6.07, 6.45) is 1.22. The first kappa shape index (κ1) is 28.7. The molecule has 2 aromatic carbocycles. The van der Waals surface area contributed by atoms with E-state index in [2.05, 4.69) is 30.1 Å². The van der Waals surface area contributed by atoms with E-state index >= 15 is 0 Å². The lowest BCUT2D eigenvalue weighted by molar-refractivity contribution is -0.132. The standard InChI is InChI=1S/C32H38N6O2S/c1-23(2)18-28-19-26(35-38(28)27-12-8-5-9-13-27)21-33-30(39)22-36-14-16-37(17-15-36)31(40)20-29-24(3)41-32(34-29)25-10-6-4-7-11-25/h4-13,19,23H,14-18,20-22H2,1-3H3,(H,33,39). The lowest BCUT2D eigenvalue weighted by Crippen LogP contribution is -2.51. The second-order valence-corrected chi connectivity index (χ2v) is 12.2. The average Bonchev–Trinajstić information content (AvgIpc) is 3.55. The van der Waals surface area contributed by atoms with Crippen molar-refractivity contribution in [2.75, 3.05) is 32.7 Å². The van der Waals surface area contributed by atoms with Crippen LogP contribution in [0.25, 0.3) is 16.3 Å². The Labute approximate surface area is 246 Å². The first-order chi connectivity index (χ1) is 19.9. The van der Waals surface area contributed by atoms with Crippen LogP contribution in [0.3, 0.4) is 0 Å². The van der Waals surface area contributed by atoms with E-state index in [0.717, 1.165) is 44.6 Å². The summed E-state index contributed by atoms with van der Waals surface area (Å²) in [6, 6.07) is 22.3. The Balaban J connectivity index is 1.09. The van der Waals surface area contributed by atoms with Crippen molar-refractivity contribution in [3.8, 4) is 16.3 Å². The third-order valence-corrected chi connectivity index (χ3v) is 8.30. The van der Waals surface area contributed by atoms with Gasteiger partial charge in [-0.1, -0.05) is 62.4 Å². The largest absolute Gasteiger partial charge is 0.349 e. The minimum absolute atomic E-state index is 0.0315. The Morgan fingerprint density at radius 1 is 0.976 bits per heavy atom. The maximum absolute atomic E-state index is 13.0. The number of rotatable bonds is 10. The first-order valence-corrected chi connectivity index (χ1v) is 15.1. The summed E-state index contributed by atoms with van der Waals surface area (Å²) >= 11 is 1.63. The molecule has 0 saturated carbocycles. The number of piperazine rings is 1. The van der Waals surface area contributed by atoms with Gasteiger partial charge in [0.05, 0.1) is 36.6 Å². The van der Waals surface area contributed by atoms with E-state index in [4.69, 9.17) is 10.1 Å². The molecule has 0 spiro atoms. The topological polar surface area (TPSA) is 83.4 Å². The van der Waals surface area contributed by atoms with Gasteiger partial charge in [-0.2, -0.15) is 5.10 Å². The molecule has 1 aliphatic heterocycles. The molecule has 0 atom stereocenters. The second kappa shape index (κ2) is 13.2. The molecular formula is C32H38N6O2S. The lowest BCUT2D eigenvalue weighted by Gasteiger charge is -2.34. The first-order valence-electron chi connectivity index (χ1n) is 14.3. The van der Waals surface area contributed by atoms with E-state index in [0.29, 0.717) is 51.6 Å². The normalized spacial score (nSPS) is 14.0. The monoisotopic (exact) mass is 570 g/mol.